The number of aromatic nitrogens is 2. The minimum atomic E-state index is -4.28. The molecule has 10 nitrogen and oxygen atoms in total. The first-order chi connectivity index (χ1) is 17.7. The maximum atomic E-state index is 13.2. The van der Waals surface area contributed by atoms with Crippen molar-refractivity contribution >= 4 is 21.7 Å². The second-order valence-corrected chi connectivity index (χ2v) is 11.2. The van der Waals surface area contributed by atoms with E-state index < -0.39 is 15.9 Å². The molecule has 5 rings (SSSR count). The van der Waals surface area contributed by atoms with Crippen molar-refractivity contribution < 1.29 is 27.4 Å². The van der Waals surface area contributed by atoms with E-state index in [-0.39, 0.29) is 35.4 Å². The van der Waals surface area contributed by atoms with Crippen LogP contribution in [0, 0.1) is 5.92 Å². The molecule has 0 radical (unpaired) electrons. The molecule has 0 bridgehead atoms. The van der Waals surface area contributed by atoms with Crippen LogP contribution in [0.4, 0.5) is 5.82 Å². The van der Waals surface area contributed by atoms with E-state index in [2.05, 4.69) is 40.4 Å². The summed E-state index contributed by atoms with van der Waals surface area (Å²) < 4.78 is 44.9. The maximum absolute atomic E-state index is 13.2. The molecular formula is C26H28N4O6S. The van der Waals surface area contributed by atoms with Gasteiger partial charge < -0.3 is 19.1 Å². The fourth-order valence-electron chi connectivity index (χ4n) is 4.51. The van der Waals surface area contributed by atoms with Gasteiger partial charge in [-0.05, 0) is 50.5 Å². The third-order valence-corrected chi connectivity index (χ3v) is 8.26. The number of anilines is 1. The quantitative estimate of drug-likeness (QED) is 0.495. The number of pyridine rings is 2. The number of rotatable bonds is 7. The lowest BCUT2D eigenvalue weighted by Gasteiger charge is -2.36. The molecule has 11 heteroatoms. The molecule has 2 aliphatic heterocycles. The normalized spacial score (nSPS) is 18.0. The average molecular weight is 525 g/mol. The van der Waals surface area contributed by atoms with E-state index in [0.717, 1.165) is 18.5 Å². The summed E-state index contributed by atoms with van der Waals surface area (Å²) in [7, 11) is -4.28. The lowest BCUT2D eigenvalue weighted by Crippen LogP contribution is -2.43. The molecule has 1 amide bonds. The number of para-hydroxylation sites is 1. The molecule has 2 aromatic heterocycles. The van der Waals surface area contributed by atoms with E-state index in [4.69, 9.17) is 14.2 Å². The zero-order chi connectivity index (χ0) is 26.2. The van der Waals surface area contributed by atoms with E-state index >= 15 is 0 Å². The van der Waals surface area contributed by atoms with Crippen molar-refractivity contribution in [2.75, 3.05) is 18.2 Å². The van der Waals surface area contributed by atoms with E-state index in [1.165, 1.54) is 18.2 Å². The molecule has 1 N–H and O–H groups in total. The maximum Gasteiger partial charge on any atom is 0.281 e. The predicted molar refractivity (Wildman–Crippen MR) is 135 cm³/mol. The van der Waals surface area contributed by atoms with Crippen molar-refractivity contribution in [1.29, 1.82) is 0 Å². The number of hydrogen-bond donors (Lipinski definition) is 1. The van der Waals surface area contributed by atoms with Crippen LogP contribution in [0.25, 0.3) is 0 Å². The lowest BCUT2D eigenvalue weighted by molar-refractivity contribution is 0.0981. The predicted octanol–water partition coefficient (Wildman–Crippen LogP) is 3.53. The van der Waals surface area contributed by atoms with Gasteiger partial charge in [-0.2, -0.15) is 13.4 Å². The number of nitrogens with zero attached hydrogens (tertiary/aromatic N) is 3. The molecular weight excluding hydrogens is 496 g/mol. The first-order valence-corrected chi connectivity index (χ1v) is 13.4. The number of hydrogen-bond acceptors (Lipinski definition) is 9. The Bertz CT molecular complexity index is 1440. The molecule has 4 heterocycles. The standard InChI is InChI=1S/C26H28N4O6S/c1-17-12-14-30(26(17,2)3)24-19(8-6-13-27-24)25(31)29-37(32,33)22-11-5-10-21(28-22)34-15-18-7-4-9-20-23(18)36-16-35-20/h4-11,13,17H,12,14-16H2,1-3H3,(H,29,31). The summed E-state index contributed by atoms with van der Waals surface area (Å²) in [6.07, 6.45) is 2.55. The summed E-state index contributed by atoms with van der Waals surface area (Å²) in [6, 6.07) is 12.9. The van der Waals surface area contributed by atoms with E-state index in [1.54, 1.807) is 24.4 Å². The van der Waals surface area contributed by atoms with Gasteiger partial charge in [-0.25, -0.2) is 9.71 Å². The molecule has 37 heavy (non-hydrogen) atoms. The van der Waals surface area contributed by atoms with Crippen LogP contribution in [0.2, 0.25) is 0 Å². The molecule has 0 aliphatic carbocycles. The van der Waals surface area contributed by atoms with Crippen molar-refractivity contribution in [2.45, 2.75) is 44.4 Å². The zero-order valence-electron chi connectivity index (χ0n) is 20.8. The van der Waals surface area contributed by atoms with Gasteiger partial charge in [0.15, 0.2) is 16.5 Å². The molecule has 1 aromatic carbocycles. The number of sulfonamides is 1. The summed E-state index contributed by atoms with van der Waals surface area (Å²) in [5.41, 5.74) is 0.688. The largest absolute Gasteiger partial charge is 0.473 e. The van der Waals surface area contributed by atoms with Crippen LogP contribution < -0.4 is 23.8 Å². The van der Waals surface area contributed by atoms with E-state index in [9.17, 15) is 13.2 Å². The Balaban J connectivity index is 1.33. The minimum absolute atomic E-state index is 0.0849. The number of benzene rings is 1. The molecule has 194 valence electrons. The van der Waals surface area contributed by atoms with Crippen LogP contribution in [-0.2, 0) is 16.6 Å². The van der Waals surface area contributed by atoms with Gasteiger partial charge in [0.25, 0.3) is 15.9 Å². The lowest BCUT2D eigenvalue weighted by atomic mass is 9.90. The third-order valence-electron chi connectivity index (χ3n) is 7.03. The van der Waals surface area contributed by atoms with Crippen LogP contribution in [0.1, 0.15) is 43.1 Å². The van der Waals surface area contributed by atoms with Gasteiger partial charge in [0, 0.05) is 29.9 Å². The average Bonchev–Trinajstić information content (AvgIpc) is 3.47. The van der Waals surface area contributed by atoms with E-state index in [0.29, 0.717) is 23.2 Å². The fourth-order valence-corrected chi connectivity index (χ4v) is 5.44. The summed E-state index contributed by atoms with van der Waals surface area (Å²) >= 11 is 0. The zero-order valence-corrected chi connectivity index (χ0v) is 21.6. The van der Waals surface area contributed by atoms with Crippen LogP contribution in [0.3, 0.4) is 0 Å². The van der Waals surface area contributed by atoms with E-state index in [1.807, 2.05) is 12.1 Å². The molecule has 3 aromatic rings. The number of nitrogens with one attached hydrogen (secondary N) is 1. The van der Waals surface area contributed by atoms with Crippen molar-refractivity contribution in [2.24, 2.45) is 5.92 Å². The van der Waals surface area contributed by atoms with Crippen molar-refractivity contribution in [1.82, 2.24) is 14.7 Å². The van der Waals surface area contributed by atoms with Crippen LogP contribution in [0.15, 0.2) is 59.8 Å². The molecule has 0 spiro atoms. The molecule has 2 aliphatic rings. The van der Waals surface area contributed by atoms with Crippen LogP contribution in [0.5, 0.6) is 17.4 Å². The summed E-state index contributed by atoms with van der Waals surface area (Å²) in [5, 5.41) is -0.336. The van der Waals surface area contributed by atoms with Gasteiger partial charge in [0.2, 0.25) is 12.7 Å². The van der Waals surface area contributed by atoms with Gasteiger partial charge >= 0.3 is 0 Å². The van der Waals surface area contributed by atoms with Gasteiger partial charge in [-0.1, -0.05) is 25.1 Å². The highest BCUT2D eigenvalue weighted by Crippen LogP contribution is 2.38. The summed E-state index contributed by atoms with van der Waals surface area (Å²) in [4.78, 5) is 23.8. The first-order valence-electron chi connectivity index (χ1n) is 11.9. The van der Waals surface area contributed by atoms with Crippen LogP contribution in [-0.4, -0.2) is 43.2 Å². The number of fused-ring (bicyclic) bond motifs is 1. The topological polar surface area (TPSA) is 120 Å². The molecule has 1 atom stereocenters. The Labute approximate surface area is 215 Å². The number of carbonyl (C=O) groups excluding carboxylic acids is 1. The Hall–Kier alpha value is -3.86. The van der Waals surface area contributed by atoms with Gasteiger partial charge in [0.1, 0.15) is 12.4 Å². The van der Waals surface area contributed by atoms with Crippen molar-refractivity contribution in [3.8, 4) is 17.4 Å². The number of amides is 1. The summed E-state index contributed by atoms with van der Waals surface area (Å²) in [6.45, 7) is 7.29. The fraction of sp³-hybridized carbons (Fsp3) is 0.346. The first kappa shape index (κ1) is 24.8. The highest BCUT2D eigenvalue weighted by molar-refractivity contribution is 7.90. The van der Waals surface area contributed by atoms with Crippen molar-refractivity contribution in [3.05, 3.63) is 65.9 Å². The van der Waals surface area contributed by atoms with Gasteiger partial charge in [0.05, 0.1) is 5.56 Å². The Kier molecular flexibility index (Phi) is 6.40. The second kappa shape index (κ2) is 9.55. The highest BCUT2D eigenvalue weighted by atomic mass is 32.2. The smallest absolute Gasteiger partial charge is 0.281 e. The molecule has 1 unspecified atom stereocenters. The van der Waals surface area contributed by atoms with Crippen LogP contribution >= 0.6 is 0 Å². The number of carbonyl (C=O) groups is 1. The monoisotopic (exact) mass is 524 g/mol. The minimum Gasteiger partial charge on any atom is -0.473 e. The molecule has 0 saturated carbocycles. The van der Waals surface area contributed by atoms with Crippen molar-refractivity contribution in [3.63, 3.8) is 0 Å². The Morgan fingerprint density at radius 1 is 1.16 bits per heavy atom. The summed E-state index contributed by atoms with van der Waals surface area (Å²) in [5.74, 6) is 1.36. The SMILES string of the molecule is CC1CCN(c2ncccc2C(=O)NS(=O)(=O)c2cccc(OCc3cccc4c3OCO4)n2)C1(C)C. The second-order valence-electron chi connectivity index (χ2n) is 9.56. The molecule has 1 saturated heterocycles. The Morgan fingerprint density at radius 2 is 1.97 bits per heavy atom. The highest BCUT2D eigenvalue weighted by Gasteiger charge is 2.40. The number of ether oxygens (including phenoxy) is 3. The third kappa shape index (κ3) is 4.78. The Morgan fingerprint density at radius 3 is 2.76 bits per heavy atom. The van der Waals surface area contributed by atoms with Gasteiger partial charge in [-0.15, -0.1) is 0 Å². The molecule has 1 fully saturated rings. The van der Waals surface area contributed by atoms with Gasteiger partial charge in [-0.3, -0.25) is 4.79 Å².